The van der Waals surface area contributed by atoms with Crippen LogP contribution in [0.1, 0.15) is 46.5 Å². The molecule has 1 saturated carbocycles. The molecule has 0 radical (unpaired) electrons. The molecular weight excluding hydrogens is 260 g/mol. The number of likely N-dealkylation sites (tertiary alicyclic amines) is 1. The van der Waals surface area contributed by atoms with Gasteiger partial charge in [0.05, 0.1) is 22.4 Å². The van der Waals surface area contributed by atoms with Gasteiger partial charge in [-0.15, -0.1) is 0 Å². The van der Waals surface area contributed by atoms with E-state index in [4.69, 9.17) is 18.0 Å². The van der Waals surface area contributed by atoms with Crippen molar-refractivity contribution >= 4 is 29.0 Å². The zero-order valence-corrected chi connectivity index (χ0v) is 12.6. The summed E-state index contributed by atoms with van der Waals surface area (Å²) in [5.41, 5.74) is 4.96. The number of fused-ring (bicyclic) bond motifs is 1. The molecule has 19 heavy (non-hydrogen) atoms. The number of hydrogen-bond donors (Lipinski definition) is 1. The fourth-order valence-electron chi connectivity index (χ4n) is 3.39. The number of thiocarbonyl (C=S) groups is 1. The van der Waals surface area contributed by atoms with Gasteiger partial charge in [-0.25, -0.2) is 0 Å². The maximum atomic E-state index is 12.6. The molecule has 0 bridgehead atoms. The minimum atomic E-state index is -0.810. The van der Waals surface area contributed by atoms with Gasteiger partial charge in [0, 0.05) is 0 Å². The number of rotatable bonds is 4. The third kappa shape index (κ3) is 1.98. The first kappa shape index (κ1) is 14.4. The Hall–Kier alpha value is -0.970. The fourth-order valence-corrected chi connectivity index (χ4v) is 3.63. The monoisotopic (exact) mass is 282 g/mol. The van der Waals surface area contributed by atoms with Gasteiger partial charge in [-0.1, -0.05) is 32.5 Å². The van der Waals surface area contributed by atoms with Crippen LogP contribution < -0.4 is 5.73 Å². The molecule has 106 valence electrons. The molecule has 1 heterocycles. The van der Waals surface area contributed by atoms with Crippen LogP contribution in [0.5, 0.6) is 0 Å². The first-order chi connectivity index (χ1) is 8.86. The van der Waals surface area contributed by atoms with Crippen LogP contribution in [0.25, 0.3) is 0 Å². The summed E-state index contributed by atoms with van der Waals surface area (Å²) in [6.07, 6.45) is 3.27. The van der Waals surface area contributed by atoms with Crippen LogP contribution in [0.3, 0.4) is 0 Å². The minimum Gasteiger partial charge on any atom is -0.391 e. The van der Waals surface area contributed by atoms with Crippen LogP contribution in [0, 0.1) is 17.8 Å². The van der Waals surface area contributed by atoms with Gasteiger partial charge in [-0.05, 0) is 32.1 Å². The summed E-state index contributed by atoms with van der Waals surface area (Å²) in [5.74, 6) is 0.0873. The van der Waals surface area contributed by atoms with E-state index in [-0.39, 0.29) is 28.6 Å². The largest absolute Gasteiger partial charge is 0.391 e. The van der Waals surface area contributed by atoms with Crippen molar-refractivity contribution in [3.8, 4) is 0 Å². The van der Waals surface area contributed by atoms with Crippen LogP contribution in [0.15, 0.2) is 0 Å². The first-order valence-electron chi connectivity index (χ1n) is 7.04. The molecule has 4 nitrogen and oxygen atoms in total. The van der Waals surface area contributed by atoms with E-state index in [9.17, 15) is 9.59 Å². The van der Waals surface area contributed by atoms with Crippen molar-refractivity contribution in [3.63, 3.8) is 0 Å². The molecule has 0 aromatic heterocycles. The molecule has 1 saturated heterocycles. The average Bonchev–Trinajstić information content (AvgIpc) is 2.90. The molecule has 2 fully saturated rings. The summed E-state index contributed by atoms with van der Waals surface area (Å²) < 4.78 is 0. The van der Waals surface area contributed by atoms with E-state index < -0.39 is 5.54 Å². The topological polar surface area (TPSA) is 63.4 Å². The molecule has 0 spiro atoms. The van der Waals surface area contributed by atoms with E-state index in [1.807, 2.05) is 6.92 Å². The Morgan fingerprint density at radius 3 is 2.11 bits per heavy atom. The molecule has 1 aliphatic heterocycles. The number of carbonyl (C=O) groups excluding carboxylic acids is 2. The summed E-state index contributed by atoms with van der Waals surface area (Å²) in [4.78, 5) is 26.7. The van der Waals surface area contributed by atoms with E-state index in [0.717, 1.165) is 19.3 Å². The van der Waals surface area contributed by atoms with Crippen molar-refractivity contribution in [2.45, 2.75) is 52.0 Å². The zero-order valence-electron chi connectivity index (χ0n) is 11.8. The molecule has 0 aromatic rings. The highest BCUT2D eigenvalue weighted by molar-refractivity contribution is 7.80. The highest BCUT2D eigenvalue weighted by atomic mass is 32.1. The molecule has 3 unspecified atom stereocenters. The highest BCUT2D eigenvalue weighted by Gasteiger charge is 2.57. The van der Waals surface area contributed by atoms with Gasteiger partial charge in [-0.3, -0.25) is 14.5 Å². The average molecular weight is 282 g/mol. The van der Waals surface area contributed by atoms with Crippen molar-refractivity contribution < 1.29 is 9.59 Å². The van der Waals surface area contributed by atoms with Crippen molar-refractivity contribution in [1.82, 2.24) is 4.90 Å². The number of hydrogen-bond acceptors (Lipinski definition) is 3. The fraction of sp³-hybridized carbons (Fsp3) is 0.786. The van der Waals surface area contributed by atoms with Crippen LogP contribution in [-0.4, -0.2) is 27.2 Å². The molecular formula is C14H22N2O2S. The quantitative estimate of drug-likeness (QED) is 0.631. The van der Waals surface area contributed by atoms with Gasteiger partial charge < -0.3 is 5.73 Å². The van der Waals surface area contributed by atoms with Crippen LogP contribution in [0.2, 0.25) is 0 Å². The Morgan fingerprint density at radius 1 is 1.32 bits per heavy atom. The maximum absolute atomic E-state index is 12.6. The Bertz CT molecular complexity index is 413. The lowest BCUT2D eigenvalue weighted by Gasteiger charge is -2.36. The molecule has 5 heteroatoms. The van der Waals surface area contributed by atoms with Crippen molar-refractivity contribution in [2.24, 2.45) is 23.5 Å². The highest BCUT2D eigenvalue weighted by Crippen LogP contribution is 2.46. The van der Waals surface area contributed by atoms with E-state index in [0.29, 0.717) is 12.3 Å². The molecule has 3 atom stereocenters. The SMILES string of the molecule is CCC1CC2C(=O)N(C(C)(CC)C(N)=S)C(=O)C2C1. The van der Waals surface area contributed by atoms with Gasteiger partial charge in [0.15, 0.2) is 0 Å². The normalized spacial score (nSPS) is 33.4. The third-order valence-corrected chi connectivity index (χ3v) is 5.47. The molecule has 1 aliphatic carbocycles. The van der Waals surface area contributed by atoms with Gasteiger partial charge in [-0.2, -0.15) is 0 Å². The standard InChI is InChI=1S/C14H22N2O2S/c1-4-8-6-9-10(7-8)12(18)16(11(9)17)14(3,5-2)13(15)19/h8-10H,4-7H2,1-3H3,(H2,15,19). The molecule has 2 N–H and O–H groups in total. The number of imide groups is 1. The van der Waals surface area contributed by atoms with E-state index in [2.05, 4.69) is 6.92 Å². The summed E-state index contributed by atoms with van der Waals surface area (Å²) >= 11 is 5.08. The maximum Gasteiger partial charge on any atom is 0.233 e. The number of nitrogens with two attached hydrogens (primary N) is 1. The minimum absolute atomic E-state index is 0.0666. The molecule has 2 amide bonds. The van der Waals surface area contributed by atoms with Crippen molar-refractivity contribution in [1.29, 1.82) is 0 Å². The predicted molar refractivity (Wildman–Crippen MR) is 77.3 cm³/mol. The summed E-state index contributed by atoms with van der Waals surface area (Å²) in [7, 11) is 0. The third-order valence-electron chi connectivity index (χ3n) is 5.03. The van der Waals surface area contributed by atoms with Crippen molar-refractivity contribution in [2.75, 3.05) is 0 Å². The molecule has 2 aliphatic rings. The predicted octanol–water partition coefficient (Wildman–Crippen LogP) is 1.86. The summed E-state index contributed by atoms with van der Waals surface area (Å²) in [5, 5.41) is 0. The van der Waals surface area contributed by atoms with E-state index >= 15 is 0 Å². The second kappa shape index (κ2) is 4.85. The second-order valence-corrected chi connectivity index (χ2v) is 6.40. The Balaban J connectivity index is 2.30. The smallest absolute Gasteiger partial charge is 0.233 e. The Morgan fingerprint density at radius 2 is 1.79 bits per heavy atom. The lowest BCUT2D eigenvalue weighted by atomic mass is 9.95. The van der Waals surface area contributed by atoms with Crippen LogP contribution in [0.4, 0.5) is 0 Å². The number of carbonyl (C=O) groups is 2. The first-order valence-corrected chi connectivity index (χ1v) is 7.45. The lowest BCUT2D eigenvalue weighted by Crippen LogP contribution is -2.57. The van der Waals surface area contributed by atoms with Gasteiger partial charge in [0.1, 0.15) is 0 Å². The van der Waals surface area contributed by atoms with Gasteiger partial charge in [0.25, 0.3) is 0 Å². The van der Waals surface area contributed by atoms with Gasteiger partial charge >= 0.3 is 0 Å². The Labute approximate surface area is 119 Å². The second-order valence-electron chi connectivity index (χ2n) is 5.96. The van der Waals surface area contributed by atoms with Crippen LogP contribution in [-0.2, 0) is 9.59 Å². The number of nitrogens with zero attached hydrogens (tertiary/aromatic N) is 1. The Kier molecular flexibility index (Phi) is 3.69. The molecule has 2 rings (SSSR count). The van der Waals surface area contributed by atoms with E-state index in [1.165, 1.54) is 4.90 Å². The molecule has 0 aromatic carbocycles. The number of amides is 2. The summed E-state index contributed by atoms with van der Waals surface area (Å²) in [6, 6.07) is 0. The van der Waals surface area contributed by atoms with Crippen LogP contribution >= 0.6 is 12.2 Å². The van der Waals surface area contributed by atoms with E-state index in [1.54, 1.807) is 6.92 Å². The van der Waals surface area contributed by atoms with Crippen molar-refractivity contribution in [3.05, 3.63) is 0 Å². The zero-order chi connectivity index (χ0) is 14.4. The van der Waals surface area contributed by atoms with Gasteiger partial charge in [0.2, 0.25) is 11.8 Å². The summed E-state index contributed by atoms with van der Waals surface area (Å²) in [6.45, 7) is 5.82. The lowest BCUT2D eigenvalue weighted by molar-refractivity contribution is -0.144.